The highest BCUT2D eigenvalue weighted by atomic mass is 32.2. The average Bonchev–Trinajstić information content (AvgIpc) is 3.41. The minimum absolute atomic E-state index is 0.0665. The SMILES string of the molecule is COc1c(O)c2c3c(c(CO)c4c5c(CO)c6c(c7c8c(c9c(c(c1C(C(C)=O)C(C)=C9)c24)c75)=NCC(C(=O)OCCN1CCN(CCS(=O)(=O)O)CC1)N8)=NCSC6)SCCN3. The molecule has 1 saturated heterocycles. The number of ether oxygens (including phenoxy) is 2. The van der Waals surface area contributed by atoms with Gasteiger partial charge in [-0.15, -0.1) is 23.5 Å². The second kappa shape index (κ2) is 16.2. The van der Waals surface area contributed by atoms with Crippen molar-refractivity contribution in [1.82, 2.24) is 9.80 Å². The molecule has 1 fully saturated rings. The van der Waals surface area contributed by atoms with E-state index in [2.05, 4.69) is 15.5 Å². The standard InChI is InChI=1S/C44H48N6O10S3/c1-20-14-22-28-31-29(30-24(17-52)43-40(45-4-12-62-43)36-33(30)32(28)34(27(20)21(2)53)42(59-3)41(36)54)23(16-51)25-18-61-19-47-37(25)35(31)39-38(22)46-15-26(48-39)44(55)60-11-9-49-5-7-50(8-6-49)10-13-63(56,57)58/h14,26-27,45,48,51-52,54H,4-13,15-19H2,1-3H3,(H,56,57,58). The van der Waals surface area contributed by atoms with Crippen LogP contribution in [0.5, 0.6) is 11.5 Å². The third-order valence-corrected chi connectivity index (χ3v) is 15.9. The Labute approximate surface area is 370 Å². The van der Waals surface area contributed by atoms with E-state index in [1.165, 1.54) is 14.0 Å². The van der Waals surface area contributed by atoms with Crippen LogP contribution in [0.2, 0.25) is 0 Å². The second-order valence-corrected chi connectivity index (χ2v) is 20.4. The lowest BCUT2D eigenvalue weighted by atomic mass is 9.78. The number of benzene rings is 5. The molecule has 0 amide bonds. The van der Waals surface area contributed by atoms with Gasteiger partial charge in [-0.05, 0) is 41.1 Å². The molecule has 19 heteroatoms. The first-order valence-corrected chi connectivity index (χ1v) is 24.8. The molecular formula is C44H48N6O10S3. The molecule has 4 heterocycles. The molecule has 0 radical (unpaired) electrons. The van der Waals surface area contributed by atoms with Crippen LogP contribution in [0.4, 0.5) is 11.4 Å². The maximum absolute atomic E-state index is 14.0. The number of methoxy groups -OCH3 is 1. The van der Waals surface area contributed by atoms with Gasteiger partial charge < -0.3 is 35.4 Å². The zero-order valence-corrected chi connectivity index (χ0v) is 37.5. The number of phenols is 1. The summed E-state index contributed by atoms with van der Waals surface area (Å²) in [7, 11) is -2.54. The Bertz CT molecular complexity index is 3080. The molecule has 2 unspecified atom stereocenters. The summed E-state index contributed by atoms with van der Waals surface area (Å²) < 4.78 is 43.6. The number of piperazine rings is 1. The number of Topliss-reactive ketones (excluding diaryl/α,β-unsaturated/α-hetero) is 1. The van der Waals surface area contributed by atoms with Gasteiger partial charge in [0.2, 0.25) is 0 Å². The fraction of sp³-hybridized carbons (Fsp3) is 0.455. The van der Waals surface area contributed by atoms with Gasteiger partial charge in [-0.3, -0.25) is 29.1 Å². The predicted molar refractivity (Wildman–Crippen MR) is 245 cm³/mol. The van der Waals surface area contributed by atoms with E-state index >= 15 is 0 Å². The molecule has 1 aliphatic carbocycles. The number of esters is 1. The third-order valence-electron chi connectivity index (χ3n) is 13.3. The summed E-state index contributed by atoms with van der Waals surface area (Å²) in [5.41, 5.74) is 5.37. The van der Waals surface area contributed by atoms with Crippen molar-refractivity contribution in [2.45, 2.75) is 49.7 Å². The van der Waals surface area contributed by atoms with Crippen molar-refractivity contribution in [2.24, 2.45) is 9.98 Å². The zero-order valence-electron chi connectivity index (χ0n) is 35.1. The molecule has 5 aliphatic rings. The first kappa shape index (κ1) is 42.5. The Morgan fingerprint density at radius 2 is 1.63 bits per heavy atom. The zero-order chi connectivity index (χ0) is 44.1. The van der Waals surface area contributed by atoms with Gasteiger partial charge in [-0.2, -0.15) is 8.42 Å². The number of carbonyl (C=O) groups is 2. The summed E-state index contributed by atoms with van der Waals surface area (Å²) >= 11 is 3.21. The minimum atomic E-state index is -4.04. The van der Waals surface area contributed by atoms with Crippen molar-refractivity contribution < 1.29 is 47.4 Å². The van der Waals surface area contributed by atoms with Crippen LogP contribution in [0, 0.1) is 0 Å². The fourth-order valence-electron chi connectivity index (χ4n) is 10.6. The number of nitrogens with zero attached hydrogens (tertiary/aromatic N) is 4. The maximum Gasteiger partial charge on any atom is 0.330 e. The smallest absolute Gasteiger partial charge is 0.330 e. The Morgan fingerprint density at radius 1 is 0.921 bits per heavy atom. The Hall–Kier alpha value is -4.47. The van der Waals surface area contributed by atoms with Crippen LogP contribution in [0.15, 0.2) is 20.5 Å². The number of fused-ring (bicyclic) bond motifs is 8. The van der Waals surface area contributed by atoms with Gasteiger partial charge in [0.15, 0.2) is 11.5 Å². The van der Waals surface area contributed by atoms with Crippen molar-refractivity contribution in [1.29, 1.82) is 0 Å². The van der Waals surface area contributed by atoms with Gasteiger partial charge in [-0.25, -0.2) is 4.79 Å². The fourth-order valence-corrected chi connectivity index (χ4v) is 13.0. The van der Waals surface area contributed by atoms with Gasteiger partial charge in [0.05, 0.1) is 71.9 Å². The lowest BCUT2D eigenvalue weighted by Gasteiger charge is -2.34. The van der Waals surface area contributed by atoms with Crippen LogP contribution in [-0.2, 0) is 43.4 Å². The number of carbonyl (C=O) groups excluding carboxylic acids is 2. The van der Waals surface area contributed by atoms with Crippen LogP contribution in [-0.4, -0.2) is 139 Å². The van der Waals surface area contributed by atoms with Crippen molar-refractivity contribution in [3.05, 3.63) is 44.1 Å². The maximum atomic E-state index is 14.0. The molecule has 4 aliphatic heterocycles. The summed E-state index contributed by atoms with van der Waals surface area (Å²) in [6.07, 6.45) is 1.98. The monoisotopic (exact) mass is 916 g/mol. The first-order valence-electron chi connectivity index (χ1n) is 21.1. The molecule has 5 aromatic carbocycles. The number of allylic oxidation sites excluding steroid dienone is 1. The molecule has 10 rings (SSSR count). The largest absolute Gasteiger partial charge is 0.504 e. The number of hydrogen-bond donors (Lipinski definition) is 6. The molecular weight excluding hydrogens is 869 g/mol. The number of ketones is 1. The van der Waals surface area contributed by atoms with E-state index in [0.717, 1.165) is 37.9 Å². The molecule has 6 N–H and O–H groups in total. The second-order valence-electron chi connectivity index (χ2n) is 16.8. The lowest BCUT2D eigenvalue weighted by Crippen LogP contribution is -2.48. The van der Waals surface area contributed by atoms with Crippen molar-refractivity contribution in [2.75, 3.05) is 94.1 Å². The van der Waals surface area contributed by atoms with Crippen molar-refractivity contribution in [3.63, 3.8) is 0 Å². The molecule has 0 aromatic heterocycles. The van der Waals surface area contributed by atoms with E-state index in [-0.39, 0.29) is 55.9 Å². The average molecular weight is 917 g/mol. The number of phenolic OH excluding ortho intramolecular Hbond substituents is 1. The van der Waals surface area contributed by atoms with E-state index in [1.54, 1.807) is 23.5 Å². The van der Waals surface area contributed by atoms with E-state index in [0.29, 0.717) is 122 Å². The summed E-state index contributed by atoms with van der Waals surface area (Å²) in [5, 5.41) is 49.2. The number of hydrogen-bond acceptors (Lipinski definition) is 17. The molecule has 16 nitrogen and oxygen atoms in total. The lowest BCUT2D eigenvalue weighted by molar-refractivity contribution is -0.144. The van der Waals surface area contributed by atoms with Crippen LogP contribution in [0.1, 0.15) is 47.6 Å². The summed E-state index contributed by atoms with van der Waals surface area (Å²) in [4.78, 5) is 43.1. The number of thioether (sulfide) groups is 2. The highest BCUT2D eigenvalue weighted by Crippen LogP contribution is 2.59. The van der Waals surface area contributed by atoms with Gasteiger partial charge in [0.1, 0.15) is 18.4 Å². The summed E-state index contributed by atoms with van der Waals surface area (Å²) in [5.74, 6) is 0.0705. The van der Waals surface area contributed by atoms with E-state index in [9.17, 15) is 33.3 Å². The van der Waals surface area contributed by atoms with Crippen LogP contribution in [0.3, 0.4) is 0 Å². The summed E-state index contributed by atoms with van der Waals surface area (Å²) in [6.45, 7) is 6.91. The molecule has 5 aromatic rings. The quantitative estimate of drug-likeness (QED) is 0.0484. The Balaban J connectivity index is 1.19. The van der Waals surface area contributed by atoms with E-state index in [4.69, 9.17) is 24.0 Å². The molecule has 0 spiro atoms. The van der Waals surface area contributed by atoms with E-state index in [1.807, 2.05) is 17.9 Å². The van der Waals surface area contributed by atoms with Crippen LogP contribution in [0.25, 0.3) is 49.2 Å². The summed E-state index contributed by atoms with van der Waals surface area (Å²) in [6, 6.07) is -0.847. The van der Waals surface area contributed by atoms with E-state index < -0.39 is 28.0 Å². The normalized spacial score (nSPS) is 20.1. The highest BCUT2D eigenvalue weighted by molar-refractivity contribution is 7.99. The molecule has 0 bridgehead atoms. The van der Waals surface area contributed by atoms with Crippen molar-refractivity contribution in [3.8, 4) is 11.5 Å². The number of rotatable bonds is 11. The number of nitrogens with one attached hydrogen (secondary N) is 2. The Kier molecular flexibility index (Phi) is 10.9. The molecule has 332 valence electrons. The van der Waals surface area contributed by atoms with Gasteiger partial charge in [0.25, 0.3) is 10.1 Å². The first-order chi connectivity index (χ1) is 30.4. The minimum Gasteiger partial charge on any atom is -0.504 e. The highest BCUT2D eigenvalue weighted by Gasteiger charge is 2.39. The number of aromatic hydroxyl groups is 1. The third kappa shape index (κ3) is 6.72. The number of aliphatic hydroxyl groups excluding tert-OH is 2. The predicted octanol–water partition coefficient (Wildman–Crippen LogP) is 3.33. The van der Waals surface area contributed by atoms with Gasteiger partial charge >= 0.3 is 5.97 Å². The number of aliphatic hydroxyl groups is 2. The van der Waals surface area contributed by atoms with Gasteiger partial charge in [-0.1, -0.05) is 11.6 Å². The topological polar surface area (TPSA) is 223 Å². The van der Waals surface area contributed by atoms with Crippen molar-refractivity contribution >= 4 is 106 Å². The van der Waals surface area contributed by atoms with Crippen LogP contribution < -0.4 is 26.1 Å². The number of anilines is 2. The molecule has 0 saturated carbocycles. The van der Waals surface area contributed by atoms with Gasteiger partial charge in [0, 0.05) is 100 Å². The Morgan fingerprint density at radius 3 is 2.33 bits per heavy atom. The molecule has 2 atom stereocenters. The van der Waals surface area contributed by atoms with Crippen LogP contribution >= 0.6 is 23.5 Å². The molecule has 63 heavy (non-hydrogen) atoms.